The first-order valence-corrected chi connectivity index (χ1v) is 15.3. The number of pyridine rings is 1. The number of morpholine rings is 1. The molecule has 42 heavy (non-hydrogen) atoms. The quantitative estimate of drug-likeness (QED) is 0.380. The van der Waals surface area contributed by atoms with Gasteiger partial charge in [0.15, 0.2) is 5.82 Å². The Hall–Kier alpha value is -3.18. The van der Waals surface area contributed by atoms with Crippen molar-refractivity contribution in [3.05, 3.63) is 39.8 Å². The highest BCUT2D eigenvalue weighted by Crippen LogP contribution is 2.45. The molecule has 222 valence electrons. The standard InChI is InChI=1S/C30H33ClF2N6O3/c31-22-12-34-29(39-19-4-5-20(39)15-41-14-19)37-27(22)35-18-3-6-24-21(9-18)25-26(42-8-7-23(36-25)17-1-2-17)28(40)38(24)13-16-10-30(32,33)11-16/h3,6,9,12,16-17,19-20,23,36H,1-2,4-5,7-8,10-11,13-15H2,(H,34,35,37)/t19?,20?,23-/m1/s1. The predicted octanol–water partition coefficient (Wildman–Crippen LogP) is 5.57. The molecule has 4 fully saturated rings. The van der Waals surface area contributed by atoms with E-state index in [4.69, 9.17) is 26.1 Å². The monoisotopic (exact) mass is 598 g/mol. The highest BCUT2D eigenvalue weighted by atomic mass is 35.5. The fraction of sp³-hybridized carbons (Fsp3) is 0.567. The van der Waals surface area contributed by atoms with Crippen molar-refractivity contribution in [2.45, 2.75) is 75.5 Å². The highest BCUT2D eigenvalue weighted by Gasteiger charge is 2.45. The third-order valence-electron chi connectivity index (χ3n) is 9.50. The summed E-state index contributed by atoms with van der Waals surface area (Å²) in [6.45, 7) is 1.99. The van der Waals surface area contributed by atoms with Crippen molar-refractivity contribution < 1.29 is 18.3 Å². The summed E-state index contributed by atoms with van der Waals surface area (Å²) in [4.78, 5) is 25.3. The Balaban J connectivity index is 1.18. The molecule has 0 amide bonds. The van der Waals surface area contributed by atoms with Crippen LogP contribution in [0.5, 0.6) is 5.75 Å². The molecule has 5 heterocycles. The molecule has 3 aromatic rings. The molecule has 2 unspecified atom stereocenters. The van der Waals surface area contributed by atoms with Crippen molar-refractivity contribution in [1.29, 1.82) is 0 Å². The molecule has 0 spiro atoms. The first kappa shape index (κ1) is 26.4. The van der Waals surface area contributed by atoms with Gasteiger partial charge in [-0.05, 0) is 55.7 Å². The molecule has 2 saturated heterocycles. The summed E-state index contributed by atoms with van der Waals surface area (Å²) < 4.78 is 40.8. The molecular weight excluding hydrogens is 566 g/mol. The van der Waals surface area contributed by atoms with Gasteiger partial charge >= 0.3 is 0 Å². The van der Waals surface area contributed by atoms with Crippen molar-refractivity contribution in [2.75, 3.05) is 35.4 Å². The molecule has 2 N–H and O–H groups in total. The average molecular weight is 599 g/mol. The van der Waals surface area contributed by atoms with Gasteiger partial charge in [-0.2, -0.15) is 4.98 Å². The van der Waals surface area contributed by atoms with Crippen molar-refractivity contribution >= 4 is 45.6 Å². The van der Waals surface area contributed by atoms with Gasteiger partial charge < -0.3 is 29.6 Å². The number of aromatic nitrogens is 3. The maximum Gasteiger partial charge on any atom is 0.295 e. The van der Waals surface area contributed by atoms with E-state index >= 15 is 0 Å². The Morgan fingerprint density at radius 1 is 1.12 bits per heavy atom. The zero-order valence-electron chi connectivity index (χ0n) is 23.1. The van der Waals surface area contributed by atoms with Crippen molar-refractivity contribution in [3.8, 4) is 5.75 Å². The van der Waals surface area contributed by atoms with Crippen molar-refractivity contribution in [1.82, 2.24) is 14.5 Å². The second-order valence-corrected chi connectivity index (χ2v) is 12.9. The minimum Gasteiger partial charge on any atom is -0.486 e. The summed E-state index contributed by atoms with van der Waals surface area (Å²) in [5.41, 5.74) is 1.81. The number of ether oxygens (including phenoxy) is 2. The van der Waals surface area contributed by atoms with Crippen LogP contribution in [0.25, 0.3) is 10.9 Å². The predicted molar refractivity (Wildman–Crippen MR) is 157 cm³/mol. The number of alkyl halides is 2. The topological polar surface area (TPSA) is 93.5 Å². The van der Waals surface area contributed by atoms with Gasteiger partial charge in [0.1, 0.15) is 5.02 Å². The Morgan fingerprint density at radius 3 is 2.64 bits per heavy atom. The number of hydrogen-bond donors (Lipinski definition) is 2. The number of anilines is 4. The van der Waals surface area contributed by atoms with Gasteiger partial charge in [-0.1, -0.05) is 11.6 Å². The lowest BCUT2D eigenvalue weighted by Crippen LogP contribution is -2.46. The third-order valence-corrected chi connectivity index (χ3v) is 9.78. The lowest BCUT2D eigenvalue weighted by atomic mass is 9.81. The summed E-state index contributed by atoms with van der Waals surface area (Å²) in [5, 5.41) is 8.21. The van der Waals surface area contributed by atoms with Gasteiger partial charge in [-0.3, -0.25) is 4.79 Å². The van der Waals surface area contributed by atoms with Crippen LogP contribution < -0.4 is 25.8 Å². The number of nitrogens with zero attached hydrogens (tertiary/aromatic N) is 4. The Kier molecular flexibility index (Phi) is 6.26. The van der Waals surface area contributed by atoms with E-state index in [0.717, 1.165) is 43.2 Å². The smallest absolute Gasteiger partial charge is 0.295 e. The number of benzene rings is 1. The van der Waals surface area contributed by atoms with Crippen LogP contribution in [0.4, 0.5) is 31.9 Å². The van der Waals surface area contributed by atoms with Crippen molar-refractivity contribution in [3.63, 3.8) is 0 Å². The molecule has 1 aromatic carbocycles. The maximum absolute atomic E-state index is 13.7. The van der Waals surface area contributed by atoms with Crippen LogP contribution >= 0.6 is 11.6 Å². The summed E-state index contributed by atoms with van der Waals surface area (Å²) in [5.74, 6) is -0.977. The van der Waals surface area contributed by atoms with E-state index in [1.54, 1.807) is 10.8 Å². The first-order valence-electron chi connectivity index (χ1n) is 15.0. The van der Waals surface area contributed by atoms with E-state index in [1.807, 2.05) is 18.2 Å². The summed E-state index contributed by atoms with van der Waals surface area (Å²) in [6, 6.07) is 6.43. The molecule has 2 aromatic heterocycles. The van der Waals surface area contributed by atoms with Gasteiger partial charge in [-0.15, -0.1) is 0 Å². The normalized spacial score (nSPS) is 26.6. The fourth-order valence-corrected chi connectivity index (χ4v) is 7.34. The first-order chi connectivity index (χ1) is 20.3. The Labute approximate surface area is 246 Å². The summed E-state index contributed by atoms with van der Waals surface area (Å²) >= 11 is 6.57. The third kappa shape index (κ3) is 4.65. The Bertz CT molecular complexity index is 1590. The molecule has 3 atom stereocenters. The molecule has 2 bridgehead atoms. The zero-order chi connectivity index (χ0) is 28.6. The number of halogens is 3. The van der Waals surface area contributed by atoms with E-state index in [1.165, 1.54) is 0 Å². The lowest BCUT2D eigenvalue weighted by Gasteiger charge is -2.35. The number of rotatable bonds is 6. The van der Waals surface area contributed by atoms with Gasteiger partial charge in [-0.25, -0.2) is 13.8 Å². The van der Waals surface area contributed by atoms with E-state index in [-0.39, 0.29) is 54.7 Å². The van der Waals surface area contributed by atoms with Crippen LogP contribution in [-0.4, -0.2) is 58.4 Å². The fourth-order valence-electron chi connectivity index (χ4n) is 7.20. The van der Waals surface area contributed by atoms with Crippen LogP contribution in [0, 0.1) is 11.8 Å². The molecule has 3 aliphatic heterocycles. The summed E-state index contributed by atoms with van der Waals surface area (Å²) in [7, 11) is 0. The SMILES string of the molecule is O=c1c2c(c3cc(Nc4nc(N5C6CCC5COC6)ncc4Cl)ccc3n1CC1CC(F)(F)C1)N[C@@H](C1CC1)CCO2. The molecule has 0 radical (unpaired) electrons. The highest BCUT2D eigenvalue weighted by molar-refractivity contribution is 6.33. The van der Waals surface area contributed by atoms with E-state index in [0.29, 0.717) is 53.7 Å². The molecule has 12 heteroatoms. The molecule has 5 aliphatic rings. The Morgan fingerprint density at radius 2 is 1.90 bits per heavy atom. The van der Waals surface area contributed by atoms with Crippen molar-refractivity contribution in [2.24, 2.45) is 11.8 Å². The van der Waals surface area contributed by atoms with E-state index in [2.05, 4.69) is 20.5 Å². The van der Waals surface area contributed by atoms with Gasteiger partial charge in [0.25, 0.3) is 5.56 Å². The lowest BCUT2D eigenvalue weighted by molar-refractivity contribution is -0.114. The zero-order valence-corrected chi connectivity index (χ0v) is 23.9. The van der Waals surface area contributed by atoms with Crippen LogP contribution in [0.3, 0.4) is 0 Å². The van der Waals surface area contributed by atoms with Crippen LogP contribution in [0.2, 0.25) is 5.02 Å². The van der Waals surface area contributed by atoms with Crippen LogP contribution in [-0.2, 0) is 11.3 Å². The average Bonchev–Trinajstić information content (AvgIpc) is 3.78. The van der Waals surface area contributed by atoms with Crippen LogP contribution in [0.1, 0.15) is 44.9 Å². The van der Waals surface area contributed by atoms with E-state index < -0.39 is 5.92 Å². The second kappa shape index (κ2) is 9.94. The van der Waals surface area contributed by atoms with E-state index in [9.17, 15) is 13.6 Å². The number of fused-ring (bicyclic) bond motifs is 5. The largest absolute Gasteiger partial charge is 0.486 e. The molecular formula is C30H33ClF2N6O3. The van der Waals surface area contributed by atoms with Gasteiger partial charge in [0.05, 0.1) is 49.3 Å². The number of nitrogens with one attached hydrogen (secondary N) is 2. The molecule has 9 nitrogen and oxygen atoms in total. The van der Waals surface area contributed by atoms with Crippen LogP contribution in [0.15, 0.2) is 29.2 Å². The number of hydrogen-bond acceptors (Lipinski definition) is 8. The minimum atomic E-state index is -2.65. The van der Waals surface area contributed by atoms with Gasteiger partial charge in [0.2, 0.25) is 17.6 Å². The second-order valence-electron chi connectivity index (χ2n) is 12.5. The maximum atomic E-state index is 13.7. The molecule has 2 aliphatic carbocycles. The van der Waals surface area contributed by atoms with Gasteiger partial charge in [0, 0.05) is 42.9 Å². The minimum absolute atomic E-state index is 0.208. The molecule has 2 saturated carbocycles. The molecule has 8 rings (SSSR count). The summed E-state index contributed by atoms with van der Waals surface area (Å²) in [6.07, 6.45) is 6.42.